The lowest BCUT2D eigenvalue weighted by Crippen LogP contribution is -2.33. The van der Waals surface area contributed by atoms with Crippen LogP contribution in [-0.4, -0.2) is 61.3 Å². The lowest BCUT2D eigenvalue weighted by atomic mass is 10.1. The summed E-state index contributed by atoms with van der Waals surface area (Å²) in [5.41, 5.74) is 1.26. The van der Waals surface area contributed by atoms with Gasteiger partial charge < -0.3 is 19.5 Å². The third-order valence-corrected chi connectivity index (χ3v) is 5.01. The topological polar surface area (TPSA) is 82.9 Å². The predicted molar refractivity (Wildman–Crippen MR) is 105 cm³/mol. The summed E-state index contributed by atoms with van der Waals surface area (Å²) in [4.78, 5) is 39.9. The van der Waals surface area contributed by atoms with E-state index < -0.39 is 0 Å². The van der Waals surface area contributed by atoms with Crippen LogP contribution in [0.5, 0.6) is 0 Å². The van der Waals surface area contributed by atoms with E-state index in [1.54, 1.807) is 42.3 Å². The Kier molecular flexibility index (Phi) is 5.82. The minimum absolute atomic E-state index is 0.109. The van der Waals surface area contributed by atoms with Gasteiger partial charge in [-0.1, -0.05) is 12.1 Å². The van der Waals surface area contributed by atoms with Gasteiger partial charge in [0.15, 0.2) is 5.76 Å². The second-order valence-corrected chi connectivity index (χ2v) is 7.01. The molecular weight excluding hydrogens is 358 g/mol. The molecule has 7 heteroatoms. The zero-order valence-electron chi connectivity index (χ0n) is 16.4. The van der Waals surface area contributed by atoms with Gasteiger partial charge in [-0.15, -0.1) is 0 Å². The number of carbonyl (C=O) groups excluding carboxylic acids is 3. The van der Waals surface area contributed by atoms with Crippen molar-refractivity contribution < 1.29 is 18.8 Å². The van der Waals surface area contributed by atoms with E-state index >= 15 is 0 Å². The fourth-order valence-electron chi connectivity index (χ4n) is 3.52. The van der Waals surface area contributed by atoms with Gasteiger partial charge in [0.2, 0.25) is 5.91 Å². The van der Waals surface area contributed by atoms with Crippen LogP contribution in [0.1, 0.15) is 34.3 Å². The molecule has 1 aromatic carbocycles. The molecule has 1 N–H and O–H groups in total. The maximum absolute atomic E-state index is 12.8. The molecule has 7 nitrogen and oxygen atoms in total. The predicted octanol–water partition coefficient (Wildman–Crippen LogP) is 2.25. The smallest absolute Gasteiger partial charge is 0.286 e. The first kappa shape index (κ1) is 19.7. The summed E-state index contributed by atoms with van der Waals surface area (Å²) < 4.78 is 5.58. The maximum Gasteiger partial charge on any atom is 0.286 e. The number of amides is 3. The zero-order valence-corrected chi connectivity index (χ0v) is 16.4. The average molecular weight is 383 g/mol. The SMILES string of the molecule is CCN1C[C@@H](CN(C)C(=O)c2cccc(-c3ccc(C(=O)NC)o3)c2)CC1=O. The standard InChI is InChI=1S/C21H25N3O4/c1-4-24-13-14(10-19(24)25)12-23(3)21(27)16-7-5-6-15(11-16)17-8-9-18(28-17)20(26)22-2/h5-9,11,14H,4,10,12-13H2,1-3H3,(H,22,26)/t14-/m1/s1. The van der Waals surface area contributed by atoms with Gasteiger partial charge in [0, 0.05) is 57.2 Å². The van der Waals surface area contributed by atoms with Gasteiger partial charge in [0.1, 0.15) is 5.76 Å². The van der Waals surface area contributed by atoms with Crippen molar-refractivity contribution in [3.8, 4) is 11.3 Å². The minimum atomic E-state index is -0.301. The number of carbonyl (C=O) groups is 3. The van der Waals surface area contributed by atoms with Crippen LogP contribution in [-0.2, 0) is 4.79 Å². The van der Waals surface area contributed by atoms with E-state index in [0.29, 0.717) is 37.4 Å². The molecule has 1 aliphatic rings. The first-order valence-corrected chi connectivity index (χ1v) is 9.38. The number of nitrogens with zero attached hydrogens (tertiary/aromatic N) is 2. The maximum atomic E-state index is 12.8. The molecule has 148 valence electrons. The third-order valence-electron chi connectivity index (χ3n) is 5.01. The van der Waals surface area contributed by atoms with Crippen molar-refractivity contribution in [3.05, 3.63) is 47.7 Å². The molecule has 1 atom stereocenters. The Balaban J connectivity index is 1.71. The van der Waals surface area contributed by atoms with Crippen molar-refractivity contribution in [1.29, 1.82) is 0 Å². The Labute approximate surface area is 164 Å². The Bertz CT molecular complexity index is 889. The second kappa shape index (κ2) is 8.29. The van der Waals surface area contributed by atoms with Crippen LogP contribution in [0.25, 0.3) is 11.3 Å². The van der Waals surface area contributed by atoms with Crippen LogP contribution < -0.4 is 5.32 Å². The van der Waals surface area contributed by atoms with Gasteiger partial charge in [-0.25, -0.2) is 0 Å². The lowest BCUT2D eigenvalue weighted by molar-refractivity contribution is -0.127. The molecule has 1 aromatic heterocycles. The number of hydrogen-bond donors (Lipinski definition) is 1. The molecule has 0 saturated carbocycles. The number of nitrogens with one attached hydrogen (secondary N) is 1. The fraction of sp³-hybridized carbons (Fsp3) is 0.381. The highest BCUT2D eigenvalue weighted by atomic mass is 16.3. The number of furan rings is 1. The summed E-state index contributed by atoms with van der Waals surface area (Å²) in [6, 6.07) is 10.4. The van der Waals surface area contributed by atoms with Crippen molar-refractivity contribution in [2.24, 2.45) is 5.92 Å². The van der Waals surface area contributed by atoms with Gasteiger partial charge in [-0.2, -0.15) is 0 Å². The summed E-state index contributed by atoms with van der Waals surface area (Å²) in [5.74, 6) is 0.645. The number of likely N-dealkylation sites (tertiary alicyclic amines) is 1. The molecule has 2 aromatic rings. The minimum Gasteiger partial charge on any atom is -0.451 e. The van der Waals surface area contributed by atoms with Crippen molar-refractivity contribution in [1.82, 2.24) is 15.1 Å². The van der Waals surface area contributed by atoms with Crippen molar-refractivity contribution in [2.45, 2.75) is 13.3 Å². The molecule has 3 amide bonds. The van der Waals surface area contributed by atoms with Gasteiger partial charge >= 0.3 is 0 Å². The van der Waals surface area contributed by atoms with Gasteiger partial charge in [-0.3, -0.25) is 14.4 Å². The molecule has 0 bridgehead atoms. The quantitative estimate of drug-likeness (QED) is 0.829. The van der Waals surface area contributed by atoms with Crippen molar-refractivity contribution in [3.63, 3.8) is 0 Å². The summed E-state index contributed by atoms with van der Waals surface area (Å²) >= 11 is 0. The Morgan fingerprint density at radius 2 is 2.07 bits per heavy atom. The van der Waals surface area contributed by atoms with Crippen molar-refractivity contribution in [2.75, 3.05) is 33.7 Å². The van der Waals surface area contributed by atoms with Crippen LogP contribution in [0.15, 0.2) is 40.8 Å². The third kappa shape index (κ3) is 4.08. The number of hydrogen-bond acceptors (Lipinski definition) is 4. The lowest BCUT2D eigenvalue weighted by Gasteiger charge is -2.21. The molecule has 2 heterocycles. The fourth-order valence-corrected chi connectivity index (χ4v) is 3.52. The first-order chi connectivity index (χ1) is 13.4. The molecule has 3 rings (SSSR count). The van der Waals surface area contributed by atoms with E-state index in [9.17, 15) is 14.4 Å². The molecule has 1 saturated heterocycles. The summed E-state index contributed by atoms with van der Waals surface area (Å²) in [5, 5.41) is 2.51. The molecule has 0 spiro atoms. The summed E-state index contributed by atoms with van der Waals surface area (Å²) in [6.07, 6.45) is 0.486. The number of rotatable bonds is 6. The van der Waals surface area contributed by atoms with Crippen LogP contribution in [0.2, 0.25) is 0 Å². The van der Waals surface area contributed by atoms with E-state index in [2.05, 4.69) is 5.32 Å². The van der Waals surface area contributed by atoms with E-state index in [-0.39, 0.29) is 29.4 Å². The molecule has 28 heavy (non-hydrogen) atoms. The van der Waals surface area contributed by atoms with Crippen LogP contribution >= 0.6 is 0 Å². The molecule has 0 radical (unpaired) electrons. The first-order valence-electron chi connectivity index (χ1n) is 9.38. The second-order valence-electron chi connectivity index (χ2n) is 7.01. The van der Waals surface area contributed by atoms with Gasteiger partial charge in [0.25, 0.3) is 11.8 Å². The van der Waals surface area contributed by atoms with Crippen LogP contribution in [0, 0.1) is 5.92 Å². The Hall–Kier alpha value is -3.09. The monoisotopic (exact) mass is 383 g/mol. The Morgan fingerprint density at radius 3 is 2.75 bits per heavy atom. The largest absolute Gasteiger partial charge is 0.451 e. The summed E-state index contributed by atoms with van der Waals surface area (Å²) in [6.45, 7) is 3.90. The van der Waals surface area contributed by atoms with E-state index in [4.69, 9.17) is 4.42 Å². The Morgan fingerprint density at radius 1 is 1.29 bits per heavy atom. The van der Waals surface area contributed by atoms with Crippen molar-refractivity contribution >= 4 is 17.7 Å². The molecular formula is C21H25N3O4. The molecule has 0 aliphatic carbocycles. The average Bonchev–Trinajstić information content (AvgIpc) is 3.33. The molecule has 1 aliphatic heterocycles. The normalized spacial score (nSPS) is 16.3. The number of benzene rings is 1. The summed E-state index contributed by atoms with van der Waals surface area (Å²) in [7, 11) is 3.29. The van der Waals surface area contributed by atoms with E-state index in [1.807, 2.05) is 17.9 Å². The highest BCUT2D eigenvalue weighted by Crippen LogP contribution is 2.24. The van der Waals surface area contributed by atoms with E-state index in [0.717, 1.165) is 5.56 Å². The van der Waals surface area contributed by atoms with E-state index in [1.165, 1.54) is 7.05 Å². The molecule has 0 unspecified atom stereocenters. The highest BCUT2D eigenvalue weighted by Gasteiger charge is 2.30. The van der Waals surface area contributed by atoms with Crippen LogP contribution in [0.4, 0.5) is 0 Å². The van der Waals surface area contributed by atoms with Crippen LogP contribution in [0.3, 0.4) is 0 Å². The highest BCUT2D eigenvalue weighted by molar-refractivity contribution is 5.95. The zero-order chi connectivity index (χ0) is 20.3. The van der Waals surface area contributed by atoms with Gasteiger partial charge in [0.05, 0.1) is 0 Å². The molecule has 1 fully saturated rings. The van der Waals surface area contributed by atoms with Gasteiger partial charge in [-0.05, 0) is 31.2 Å².